The number of aromatic nitrogens is 6. The molecule has 43 heavy (non-hydrogen) atoms. The highest BCUT2D eigenvalue weighted by atomic mass is 16.5. The van der Waals surface area contributed by atoms with Crippen molar-refractivity contribution in [2.45, 2.75) is 45.4 Å². The van der Waals surface area contributed by atoms with Crippen LogP contribution >= 0.6 is 0 Å². The van der Waals surface area contributed by atoms with Gasteiger partial charge in [-0.15, -0.1) is 10.2 Å². The number of benzene rings is 2. The number of aromatic amines is 2. The van der Waals surface area contributed by atoms with Gasteiger partial charge in [-0.3, -0.25) is 19.8 Å². The van der Waals surface area contributed by atoms with Gasteiger partial charge in [-0.25, -0.2) is 0 Å². The van der Waals surface area contributed by atoms with Gasteiger partial charge >= 0.3 is 0 Å². The summed E-state index contributed by atoms with van der Waals surface area (Å²) in [6, 6.07) is 10.1. The third-order valence-electron chi connectivity index (χ3n) is 7.17. The first-order valence-electron chi connectivity index (χ1n) is 14.0. The number of carbonyl (C=O) groups excluding carboxylic acids is 2. The minimum atomic E-state index is -0.541. The SMILES string of the molecule is C=Cc1cccc2c1N(C)Cc1cc(OC(CCNC(C)=O)c3c[nH]nn3)c(OC(CCNC(C)=O)c3c[nH]nn3)cc1-2. The van der Waals surface area contributed by atoms with E-state index in [-0.39, 0.29) is 11.8 Å². The number of carbonyl (C=O) groups is 2. The van der Waals surface area contributed by atoms with E-state index in [2.05, 4.69) is 59.0 Å². The second-order valence-electron chi connectivity index (χ2n) is 10.3. The molecule has 0 saturated heterocycles. The highest BCUT2D eigenvalue weighted by Gasteiger charge is 2.28. The van der Waals surface area contributed by atoms with Gasteiger partial charge in [-0.05, 0) is 28.8 Å². The molecular weight excluding hydrogens is 550 g/mol. The van der Waals surface area contributed by atoms with Gasteiger partial charge in [-0.1, -0.05) is 41.3 Å². The van der Waals surface area contributed by atoms with Crippen molar-refractivity contribution >= 4 is 23.6 Å². The van der Waals surface area contributed by atoms with Crippen LogP contribution in [-0.4, -0.2) is 62.8 Å². The van der Waals surface area contributed by atoms with Crippen LogP contribution in [0.2, 0.25) is 0 Å². The van der Waals surface area contributed by atoms with Crippen LogP contribution in [0.15, 0.2) is 49.3 Å². The van der Waals surface area contributed by atoms with Gasteiger partial charge in [0.05, 0.1) is 5.69 Å². The Bertz CT molecular complexity index is 1570. The number of amides is 2. The van der Waals surface area contributed by atoms with Gasteiger partial charge in [0.2, 0.25) is 11.8 Å². The van der Waals surface area contributed by atoms with Gasteiger partial charge in [0.25, 0.3) is 0 Å². The summed E-state index contributed by atoms with van der Waals surface area (Å²) < 4.78 is 13.3. The third-order valence-corrected chi connectivity index (χ3v) is 7.17. The van der Waals surface area contributed by atoms with E-state index >= 15 is 0 Å². The Hall–Kier alpha value is -5.20. The molecule has 224 valence electrons. The number of H-pyrrole nitrogens is 2. The van der Waals surface area contributed by atoms with Gasteiger partial charge in [0, 0.05) is 71.3 Å². The highest BCUT2D eigenvalue weighted by Crippen LogP contribution is 2.46. The van der Waals surface area contributed by atoms with Crippen molar-refractivity contribution in [3.05, 3.63) is 71.8 Å². The zero-order valence-electron chi connectivity index (χ0n) is 24.4. The van der Waals surface area contributed by atoms with Crippen molar-refractivity contribution in [1.29, 1.82) is 0 Å². The summed E-state index contributed by atoms with van der Waals surface area (Å²) >= 11 is 0. The summed E-state index contributed by atoms with van der Waals surface area (Å²) in [5.74, 6) is 0.721. The Balaban J connectivity index is 1.57. The van der Waals surface area contributed by atoms with Crippen LogP contribution in [0, 0.1) is 0 Å². The summed E-state index contributed by atoms with van der Waals surface area (Å²) in [7, 11) is 2.05. The van der Waals surface area contributed by atoms with Crippen molar-refractivity contribution in [2.24, 2.45) is 0 Å². The molecule has 3 heterocycles. The fourth-order valence-corrected chi connectivity index (χ4v) is 5.21. The van der Waals surface area contributed by atoms with Crippen LogP contribution in [-0.2, 0) is 16.1 Å². The number of para-hydroxylation sites is 1. The normalized spacial score (nSPS) is 13.3. The van der Waals surface area contributed by atoms with E-state index in [9.17, 15) is 9.59 Å². The van der Waals surface area contributed by atoms with E-state index in [4.69, 9.17) is 9.47 Å². The molecule has 2 aromatic carbocycles. The van der Waals surface area contributed by atoms with Crippen LogP contribution in [0.4, 0.5) is 5.69 Å². The number of ether oxygens (including phenoxy) is 2. The van der Waals surface area contributed by atoms with Crippen molar-refractivity contribution in [3.63, 3.8) is 0 Å². The maximum absolute atomic E-state index is 11.6. The molecule has 2 unspecified atom stereocenters. The minimum Gasteiger partial charge on any atom is -0.480 e. The molecule has 1 aliphatic rings. The molecule has 0 bridgehead atoms. The van der Waals surface area contributed by atoms with Gasteiger partial charge in [0.15, 0.2) is 11.5 Å². The van der Waals surface area contributed by atoms with Crippen LogP contribution in [0.5, 0.6) is 11.5 Å². The number of rotatable bonds is 13. The quantitative estimate of drug-likeness (QED) is 0.184. The summed E-state index contributed by atoms with van der Waals surface area (Å²) in [6.07, 6.45) is 5.02. The fourth-order valence-electron chi connectivity index (χ4n) is 5.21. The van der Waals surface area contributed by atoms with Gasteiger partial charge in [-0.2, -0.15) is 0 Å². The molecule has 0 radical (unpaired) electrons. The predicted molar refractivity (Wildman–Crippen MR) is 160 cm³/mol. The van der Waals surface area contributed by atoms with Crippen molar-refractivity contribution in [1.82, 2.24) is 41.5 Å². The van der Waals surface area contributed by atoms with E-state index in [1.807, 2.05) is 37.4 Å². The summed E-state index contributed by atoms with van der Waals surface area (Å²) in [4.78, 5) is 25.3. The molecule has 0 spiro atoms. The summed E-state index contributed by atoms with van der Waals surface area (Å²) in [5.41, 5.74) is 6.40. The number of nitrogens with one attached hydrogen (secondary N) is 4. The Morgan fingerprint density at radius 2 is 1.53 bits per heavy atom. The fraction of sp³-hybridized carbons (Fsp3) is 0.333. The molecule has 0 fully saturated rings. The first-order valence-corrected chi connectivity index (χ1v) is 14.0. The molecular formula is C30H35N9O4. The molecule has 13 heteroatoms. The molecule has 0 saturated carbocycles. The largest absolute Gasteiger partial charge is 0.480 e. The van der Waals surface area contributed by atoms with Crippen molar-refractivity contribution < 1.29 is 19.1 Å². The van der Waals surface area contributed by atoms with Crippen LogP contribution in [0.25, 0.3) is 17.2 Å². The summed E-state index contributed by atoms with van der Waals surface area (Å²) in [5, 5.41) is 27.2. The first kappa shape index (κ1) is 29.3. The Morgan fingerprint density at radius 3 is 2.05 bits per heavy atom. The van der Waals surface area contributed by atoms with Crippen LogP contribution in [0.3, 0.4) is 0 Å². The topological polar surface area (TPSA) is 163 Å². The van der Waals surface area contributed by atoms with E-state index in [0.717, 1.165) is 27.9 Å². The smallest absolute Gasteiger partial charge is 0.216 e. The van der Waals surface area contributed by atoms with Gasteiger partial charge in [0.1, 0.15) is 23.6 Å². The second-order valence-corrected chi connectivity index (χ2v) is 10.3. The monoisotopic (exact) mass is 585 g/mol. The molecule has 2 amide bonds. The van der Waals surface area contributed by atoms with Crippen LogP contribution < -0.4 is 25.0 Å². The second kappa shape index (κ2) is 13.2. The number of fused-ring (bicyclic) bond motifs is 3. The average molecular weight is 586 g/mol. The lowest BCUT2D eigenvalue weighted by molar-refractivity contribution is -0.119. The molecule has 5 rings (SSSR count). The number of hydrogen-bond donors (Lipinski definition) is 4. The molecule has 4 aromatic rings. The van der Waals surface area contributed by atoms with E-state index in [1.165, 1.54) is 13.8 Å². The molecule has 1 aliphatic heterocycles. The zero-order chi connectivity index (χ0) is 30.3. The number of nitrogens with zero attached hydrogens (tertiary/aromatic N) is 5. The average Bonchev–Trinajstić information content (AvgIpc) is 3.71. The van der Waals surface area contributed by atoms with Crippen LogP contribution in [0.1, 0.15) is 61.4 Å². The van der Waals surface area contributed by atoms with E-state index in [0.29, 0.717) is 55.4 Å². The highest BCUT2D eigenvalue weighted by molar-refractivity contribution is 5.89. The number of anilines is 1. The predicted octanol–water partition coefficient (Wildman–Crippen LogP) is 3.48. The van der Waals surface area contributed by atoms with Crippen molar-refractivity contribution in [2.75, 3.05) is 25.0 Å². The standard InChI is InChI=1S/C30H35N9O4/c1-5-20-7-6-8-22-23-14-29(43-27(10-12-32-19(3)41)25-16-34-38-36-25)28(13-21(23)17-39(4)30(20)22)42-26(9-11-31-18(2)40)24-15-33-37-35-24/h5-8,13-16,26-27H,1,9-12,17H2,2-4H3,(H,31,40)(H,32,41)(H,33,35,37)(H,34,36,38). The number of hydrogen-bond acceptors (Lipinski definition) is 9. The molecule has 2 aromatic heterocycles. The maximum atomic E-state index is 11.6. The molecule has 13 nitrogen and oxygen atoms in total. The summed E-state index contributed by atoms with van der Waals surface area (Å²) in [6.45, 7) is 8.34. The lowest BCUT2D eigenvalue weighted by Crippen LogP contribution is -2.25. The zero-order valence-corrected chi connectivity index (χ0v) is 24.4. The first-order chi connectivity index (χ1) is 20.8. The lowest BCUT2D eigenvalue weighted by atomic mass is 9.91. The minimum absolute atomic E-state index is 0.132. The molecule has 2 atom stereocenters. The Labute approximate surface area is 249 Å². The van der Waals surface area contributed by atoms with Gasteiger partial charge < -0.3 is 25.0 Å². The lowest BCUT2D eigenvalue weighted by Gasteiger charge is -2.32. The van der Waals surface area contributed by atoms with E-state index < -0.39 is 12.2 Å². The molecule has 0 aliphatic carbocycles. The Kier molecular flexibility index (Phi) is 8.99. The van der Waals surface area contributed by atoms with E-state index in [1.54, 1.807) is 12.4 Å². The molecule has 4 N–H and O–H groups in total. The Morgan fingerprint density at radius 1 is 0.953 bits per heavy atom. The third kappa shape index (κ3) is 6.83. The van der Waals surface area contributed by atoms with Crippen molar-refractivity contribution in [3.8, 4) is 22.6 Å². The maximum Gasteiger partial charge on any atom is 0.216 e.